The van der Waals surface area contributed by atoms with Crippen LogP contribution in [0.15, 0.2) is 57.3 Å². The van der Waals surface area contributed by atoms with Gasteiger partial charge in [-0.15, -0.1) is 6.58 Å². The highest BCUT2D eigenvalue weighted by molar-refractivity contribution is 5.92. The summed E-state index contributed by atoms with van der Waals surface area (Å²) in [5.74, 6) is -2.63. The molecule has 5 N–H and O–H groups in total. The number of allylic oxidation sites excluding steroid dienone is 5. The molecule has 0 aliphatic rings. The van der Waals surface area contributed by atoms with E-state index in [4.69, 9.17) is 4.42 Å². The second kappa shape index (κ2) is 10.1. The lowest BCUT2D eigenvalue weighted by Gasteiger charge is -2.24. The van der Waals surface area contributed by atoms with E-state index in [0.717, 1.165) is 17.2 Å². The van der Waals surface area contributed by atoms with Gasteiger partial charge in [0.1, 0.15) is 22.5 Å². The molecule has 0 unspecified atom stereocenters. The number of aromatic hydroxyl groups is 5. The van der Waals surface area contributed by atoms with Crippen molar-refractivity contribution in [2.45, 2.75) is 59.8 Å². The molecule has 0 aliphatic heterocycles. The fraction of sp³-hybridized carbons (Fsp3) is 0.300. The van der Waals surface area contributed by atoms with Crippen molar-refractivity contribution in [1.82, 2.24) is 0 Å². The molecular formula is C30H34O7. The maximum absolute atomic E-state index is 13.3. The summed E-state index contributed by atoms with van der Waals surface area (Å²) >= 11 is 0. The first kappa shape index (κ1) is 27.5. The van der Waals surface area contributed by atoms with Crippen LogP contribution in [0.5, 0.6) is 28.7 Å². The molecule has 196 valence electrons. The van der Waals surface area contributed by atoms with Gasteiger partial charge in [-0.25, -0.2) is 0 Å². The van der Waals surface area contributed by atoms with Crippen LogP contribution in [0.2, 0.25) is 0 Å². The first-order valence-electron chi connectivity index (χ1n) is 11.9. The molecule has 0 fully saturated rings. The van der Waals surface area contributed by atoms with Crippen LogP contribution in [0.1, 0.15) is 58.2 Å². The molecule has 2 aromatic carbocycles. The average Bonchev–Trinajstić information content (AvgIpc) is 2.80. The van der Waals surface area contributed by atoms with Crippen molar-refractivity contribution in [2.24, 2.45) is 0 Å². The van der Waals surface area contributed by atoms with E-state index in [2.05, 4.69) is 6.58 Å². The Morgan fingerprint density at radius 1 is 0.865 bits per heavy atom. The Morgan fingerprint density at radius 3 is 1.97 bits per heavy atom. The predicted molar refractivity (Wildman–Crippen MR) is 146 cm³/mol. The predicted octanol–water partition coefficient (Wildman–Crippen LogP) is 6.47. The van der Waals surface area contributed by atoms with E-state index >= 15 is 0 Å². The summed E-state index contributed by atoms with van der Waals surface area (Å²) in [7, 11) is 0. The smallest absolute Gasteiger partial charge is 0.238 e. The lowest BCUT2D eigenvalue weighted by atomic mass is 9.82. The zero-order valence-electron chi connectivity index (χ0n) is 22.1. The lowest BCUT2D eigenvalue weighted by Crippen LogP contribution is -2.16. The summed E-state index contributed by atoms with van der Waals surface area (Å²) in [4.78, 5) is 13.3. The topological polar surface area (TPSA) is 131 Å². The van der Waals surface area contributed by atoms with Gasteiger partial charge in [-0.2, -0.15) is 0 Å². The molecule has 37 heavy (non-hydrogen) atoms. The van der Waals surface area contributed by atoms with E-state index in [-0.39, 0.29) is 45.8 Å². The van der Waals surface area contributed by atoms with Crippen molar-refractivity contribution >= 4 is 11.0 Å². The maximum atomic E-state index is 13.3. The number of hydrogen-bond donors (Lipinski definition) is 5. The van der Waals surface area contributed by atoms with Gasteiger partial charge in [0, 0.05) is 28.2 Å². The summed E-state index contributed by atoms with van der Waals surface area (Å²) in [6, 6.07) is 2.27. The fourth-order valence-corrected chi connectivity index (χ4v) is 4.25. The molecule has 1 aromatic heterocycles. The normalized spacial score (nSPS) is 11.4. The third-order valence-corrected chi connectivity index (χ3v) is 6.43. The molecule has 0 radical (unpaired) electrons. The van der Waals surface area contributed by atoms with Gasteiger partial charge in [-0.3, -0.25) is 4.79 Å². The quantitative estimate of drug-likeness (QED) is 0.183. The number of fused-ring (bicyclic) bond motifs is 1. The Hall–Kier alpha value is -4.13. The van der Waals surface area contributed by atoms with E-state index in [0.29, 0.717) is 17.5 Å². The minimum absolute atomic E-state index is 0.119. The molecule has 3 rings (SSSR count). The molecule has 0 atom stereocenters. The monoisotopic (exact) mass is 506 g/mol. The van der Waals surface area contributed by atoms with Gasteiger partial charge in [-0.1, -0.05) is 43.2 Å². The van der Waals surface area contributed by atoms with Gasteiger partial charge >= 0.3 is 0 Å². The highest BCUT2D eigenvalue weighted by Gasteiger charge is 2.31. The number of benzene rings is 2. The van der Waals surface area contributed by atoms with E-state index < -0.39 is 28.1 Å². The Bertz CT molecular complexity index is 1510. The van der Waals surface area contributed by atoms with Crippen LogP contribution in [0, 0.1) is 0 Å². The molecule has 7 nitrogen and oxygen atoms in total. The van der Waals surface area contributed by atoms with Crippen LogP contribution >= 0.6 is 0 Å². The number of phenolic OH excluding ortho intramolecular Hbond substituents is 4. The lowest BCUT2D eigenvalue weighted by molar-refractivity contribution is 0.399. The average molecular weight is 507 g/mol. The standard InChI is InChI=1S/C30H34O7/c1-8-30(6,7)24-21(32)14-20(31)23-26(35)27(36)28(37-29(23)24)19-13-22(33)25(34)18(12-10-16(4)5)17(19)11-9-15(2)3/h8-10,13-14,31-34,36H,1,11-12H2,2-7H3. The maximum Gasteiger partial charge on any atom is 0.238 e. The van der Waals surface area contributed by atoms with Crippen molar-refractivity contribution in [3.05, 3.63) is 75.0 Å². The molecular weight excluding hydrogens is 472 g/mol. The van der Waals surface area contributed by atoms with Gasteiger partial charge in [0.2, 0.25) is 11.2 Å². The van der Waals surface area contributed by atoms with Crippen molar-refractivity contribution in [3.8, 4) is 40.1 Å². The van der Waals surface area contributed by atoms with Crippen LogP contribution in [-0.2, 0) is 18.3 Å². The summed E-state index contributed by atoms with van der Waals surface area (Å²) in [6.07, 6.45) is 5.98. The van der Waals surface area contributed by atoms with E-state index in [1.165, 1.54) is 6.07 Å². The molecule has 1 heterocycles. The summed E-state index contributed by atoms with van der Waals surface area (Å²) in [6.45, 7) is 15.0. The Kier molecular flexibility index (Phi) is 7.49. The van der Waals surface area contributed by atoms with Gasteiger partial charge in [-0.05, 0) is 52.2 Å². The fourth-order valence-electron chi connectivity index (χ4n) is 4.25. The van der Waals surface area contributed by atoms with E-state index in [1.54, 1.807) is 19.9 Å². The number of hydrogen-bond acceptors (Lipinski definition) is 7. The molecule has 7 heteroatoms. The molecule has 0 amide bonds. The van der Waals surface area contributed by atoms with Crippen molar-refractivity contribution < 1.29 is 29.9 Å². The Balaban J connectivity index is 2.55. The summed E-state index contributed by atoms with van der Waals surface area (Å²) in [5, 5.41) is 53.3. The molecule has 0 bridgehead atoms. The zero-order chi connectivity index (χ0) is 27.8. The van der Waals surface area contributed by atoms with Crippen LogP contribution in [0.4, 0.5) is 0 Å². The van der Waals surface area contributed by atoms with Crippen LogP contribution < -0.4 is 5.43 Å². The van der Waals surface area contributed by atoms with E-state index in [9.17, 15) is 30.3 Å². The number of phenols is 4. The Labute approximate surface area is 216 Å². The second-order valence-electron chi connectivity index (χ2n) is 10.2. The zero-order valence-corrected chi connectivity index (χ0v) is 22.1. The van der Waals surface area contributed by atoms with Gasteiger partial charge < -0.3 is 29.9 Å². The molecule has 0 saturated heterocycles. The highest BCUT2D eigenvalue weighted by atomic mass is 16.4. The van der Waals surface area contributed by atoms with Crippen LogP contribution in [0.25, 0.3) is 22.3 Å². The molecule has 3 aromatic rings. The minimum atomic E-state index is -0.901. The van der Waals surface area contributed by atoms with Gasteiger partial charge in [0.25, 0.3) is 0 Å². The molecule has 0 aliphatic carbocycles. The third-order valence-electron chi connectivity index (χ3n) is 6.43. The van der Waals surface area contributed by atoms with Gasteiger partial charge in [0.05, 0.1) is 0 Å². The van der Waals surface area contributed by atoms with Crippen molar-refractivity contribution in [3.63, 3.8) is 0 Å². The molecule has 0 spiro atoms. The van der Waals surface area contributed by atoms with Crippen molar-refractivity contribution in [1.29, 1.82) is 0 Å². The largest absolute Gasteiger partial charge is 0.507 e. The van der Waals surface area contributed by atoms with Crippen LogP contribution in [-0.4, -0.2) is 25.5 Å². The SMILES string of the molecule is C=CC(C)(C)c1c(O)cc(O)c2c(=O)c(O)c(-c3cc(O)c(O)c(CC=C(C)C)c3CC=C(C)C)oc12. The van der Waals surface area contributed by atoms with Crippen LogP contribution in [0.3, 0.4) is 0 Å². The second-order valence-corrected chi connectivity index (χ2v) is 10.2. The highest BCUT2D eigenvalue weighted by Crippen LogP contribution is 2.46. The van der Waals surface area contributed by atoms with E-state index in [1.807, 2.05) is 39.8 Å². The van der Waals surface area contributed by atoms with Crippen molar-refractivity contribution in [2.75, 3.05) is 0 Å². The van der Waals surface area contributed by atoms with Gasteiger partial charge in [0.15, 0.2) is 17.3 Å². The first-order valence-corrected chi connectivity index (χ1v) is 11.9. The minimum Gasteiger partial charge on any atom is -0.507 e. The summed E-state index contributed by atoms with van der Waals surface area (Å²) < 4.78 is 6.12. The summed E-state index contributed by atoms with van der Waals surface area (Å²) in [5.41, 5.74) is 1.46. The first-order chi connectivity index (χ1) is 17.2. The Morgan fingerprint density at radius 2 is 1.43 bits per heavy atom. The molecule has 0 saturated carbocycles. The number of rotatable bonds is 7. The third kappa shape index (κ3) is 5.07.